The number of ether oxygens (including phenoxy) is 1. The number of hydrogen-bond donors (Lipinski definition) is 1. The summed E-state index contributed by atoms with van der Waals surface area (Å²) in [5.41, 5.74) is 0.570. The van der Waals surface area contributed by atoms with Gasteiger partial charge in [0.1, 0.15) is 5.82 Å². The highest BCUT2D eigenvalue weighted by molar-refractivity contribution is 5.75. The van der Waals surface area contributed by atoms with Crippen molar-refractivity contribution in [3.8, 4) is 0 Å². The topological polar surface area (TPSA) is 46.5 Å². The van der Waals surface area contributed by atoms with Crippen LogP contribution in [-0.2, 0) is 16.1 Å². The Morgan fingerprint density at radius 2 is 2.27 bits per heavy atom. The lowest BCUT2D eigenvalue weighted by Crippen LogP contribution is -2.10. The molecule has 0 aromatic heterocycles. The lowest BCUT2D eigenvalue weighted by Gasteiger charge is -2.10. The maximum absolute atomic E-state index is 13.7. The molecule has 82 valence electrons. The van der Waals surface area contributed by atoms with Gasteiger partial charge in [-0.3, -0.25) is 4.79 Å². The van der Waals surface area contributed by atoms with Crippen molar-refractivity contribution >= 4 is 5.97 Å². The minimum atomic E-state index is -1.04. The van der Waals surface area contributed by atoms with E-state index in [2.05, 4.69) is 0 Å². The third-order valence-corrected chi connectivity index (χ3v) is 2.25. The molecule has 0 saturated carbocycles. The molecule has 0 radical (unpaired) electrons. The molecule has 0 saturated heterocycles. The van der Waals surface area contributed by atoms with E-state index in [4.69, 9.17) is 9.84 Å². The second-order valence-electron chi connectivity index (χ2n) is 3.31. The van der Waals surface area contributed by atoms with Crippen molar-refractivity contribution in [3.63, 3.8) is 0 Å². The quantitative estimate of drug-likeness (QED) is 0.831. The summed E-state index contributed by atoms with van der Waals surface area (Å²) < 4.78 is 18.5. The predicted molar refractivity (Wildman–Crippen MR) is 53.2 cm³/mol. The van der Waals surface area contributed by atoms with Crippen molar-refractivity contribution in [1.82, 2.24) is 0 Å². The molecule has 0 amide bonds. The van der Waals surface area contributed by atoms with Gasteiger partial charge in [0.15, 0.2) is 0 Å². The predicted octanol–water partition coefficient (Wildman–Crippen LogP) is 2.16. The zero-order chi connectivity index (χ0) is 11.4. The van der Waals surface area contributed by atoms with Gasteiger partial charge in [0.05, 0.1) is 12.5 Å². The molecule has 15 heavy (non-hydrogen) atoms. The van der Waals surface area contributed by atoms with Gasteiger partial charge in [0.2, 0.25) is 0 Å². The minimum absolute atomic E-state index is 0.145. The number of rotatable bonds is 4. The Morgan fingerprint density at radius 1 is 1.60 bits per heavy atom. The number of benzene rings is 1. The number of aliphatic carboxylic acids is 1. The zero-order valence-electron chi connectivity index (χ0n) is 8.66. The highest BCUT2D eigenvalue weighted by Crippen LogP contribution is 2.22. The van der Waals surface area contributed by atoms with Crippen molar-refractivity contribution in [2.75, 3.05) is 7.11 Å². The highest BCUT2D eigenvalue weighted by atomic mass is 19.1. The van der Waals surface area contributed by atoms with Crippen LogP contribution >= 0.6 is 0 Å². The first-order valence-corrected chi connectivity index (χ1v) is 4.57. The van der Waals surface area contributed by atoms with Gasteiger partial charge < -0.3 is 9.84 Å². The van der Waals surface area contributed by atoms with E-state index in [1.807, 2.05) is 0 Å². The smallest absolute Gasteiger partial charge is 0.310 e. The maximum atomic E-state index is 13.7. The Kier molecular flexibility index (Phi) is 3.80. The molecule has 0 aliphatic heterocycles. The fraction of sp³-hybridized carbons (Fsp3) is 0.364. The van der Waals surface area contributed by atoms with E-state index >= 15 is 0 Å². The Hall–Kier alpha value is -1.42. The van der Waals surface area contributed by atoms with Gasteiger partial charge in [0.25, 0.3) is 0 Å². The molecule has 1 aromatic carbocycles. The molecule has 1 aromatic rings. The molecular weight excluding hydrogens is 199 g/mol. The number of methoxy groups -OCH3 is 1. The Bertz CT molecular complexity index is 363. The molecule has 0 bridgehead atoms. The Balaban J connectivity index is 3.08. The lowest BCUT2D eigenvalue weighted by molar-refractivity contribution is -0.138. The summed E-state index contributed by atoms with van der Waals surface area (Å²) in [6, 6.07) is 4.69. The summed E-state index contributed by atoms with van der Waals surface area (Å²) in [6.07, 6.45) is 0. The second-order valence-corrected chi connectivity index (χ2v) is 3.31. The van der Waals surface area contributed by atoms with E-state index in [9.17, 15) is 9.18 Å². The summed E-state index contributed by atoms with van der Waals surface area (Å²) in [7, 11) is 1.47. The van der Waals surface area contributed by atoms with E-state index in [0.717, 1.165) is 0 Å². The normalized spacial score (nSPS) is 12.5. The van der Waals surface area contributed by atoms with Crippen molar-refractivity contribution in [1.29, 1.82) is 0 Å². The summed E-state index contributed by atoms with van der Waals surface area (Å²) >= 11 is 0. The third kappa shape index (κ3) is 2.53. The van der Waals surface area contributed by atoms with Gasteiger partial charge in [-0.2, -0.15) is 0 Å². The van der Waals surface area contributed by atoms with Crippen molar-refractivity contribution < 1.29 is 19.0 Å². The standard InChI is InChI=1S/C11H13FO3/c1-7(11(13)14)9-5-3-4-8(6-15-2)10(9)12/h3-5,7H,6H2,1-2H3,(H,13,14). The van der Waals surface area contributed by atoms with Crippen LogP contribution < -0.4 is 0 Å². The first-order valence-electron chi connectivity index (χ1n) is 4.57. The molecule has 4 heteroatoms. The van der Waals surface area contributed by atoms with E-state index in [1.165, 1.54) is 20.1 Å². The molecule has 0 aliphatic carbocycles. The van der Waals surface area contributed by atoms with Gasteiger partial charge in [-0.05, 0) is 6.92 Å². The molecule has 0 fully saturated rings. The van der Waals surface area contributed by atoms with Crippen molar-refractivity contribution in [2.24, 2.45) is 0 Å². The number of carboxylic acid groups (broad SMARTS) is 1. The summed E-state index contributed by atoms with van der Waals surface area (Å²) in [5.74, 6) is -2.38. The monoisotopic (exact) mass is 212 g/mol. The number of halogens is 1. The average molecular weight is 212 g/mol. The summed E-state index contributed by atoms with van der Waals surface area (Å²) in [4.78, 5) is 10.7. The van der Waals surface area contributed by atoms with Gasteiger partial charge in [0, 0.05) is 18.2 Å². The van der Waals surface area contributed by atoms with Gasteiger partial charge in [-0.25, -0.2) is 4.39 Å². The van der Waals surface area contributed by atoms with Crippen LogP contribution in [0.25, 0.3) is 0 Å². The largest absolute Gasteiger partial charge is 0.481 e. The van der Waals surface area contributed by atoms with E-state index in [0.29, 0.717) is 5.56 Å². The number of carboxylic acids is 1. The van der Waals surface area contributed by atoms with Gasteiger partial charge in [-0.15, -0.1) is 0 Å². The average Bonchev–Trinajstić information content (AvgIpc) is 2.20. The van der Waals surface area contributed by atoms with Gasteiger partial charge in [-0.1, -0.05) is 18.2 Å². The molecule has 0 spiro atoms. The fourth-order valence-electron chi connectivity index (χ4n) is 1.33. The molecule has 0 heterocycles. The summed E-state index contributed by atoms with van der Waals surface area (Å²) in [6.45, 7) is 1.60. The molecule has 1 atom stereocenters. The number of carbonyl (C=O) groups is 1. The molecule has 1 N–H and O–H groups in total. The van der Waals surface area contributed by atoms with Crippen LogP contribution in [0.4, 0.5) is 4.39 Å². The highest BCUT2D eigenvalue weighted by Gasteiger charge is 2.19. The third-order valence-electron chi connectivity index (χ3n) is 2.25. The van der Waals surface area contributed by atoms with Crippen LogP contribution in [0.3, 0.4) is 0 Å². The second kappa shape index (κ2) is 4.89. The Labute approximate surface area is 87.5 Å². The van der Waals surface area contributed by atoms with Crippen LogP contribution in [-0.4, -0.2) is 18.2 Å². The molecule has 3 nitrogen and oxygen atoms in total. The maximum Gasteiger partial charge on any atom is 0.310 e. The fourth-order valence-corrected chi connectivity index (χ4v) is 1.33. The Morgan fingerprint density at radius 3 is 2.80 bits per heavy atom. The van der Waals surface area contributed by atoms with E-state index < -0.39 is 17.7 Å². The van der Waals surface area contributed by atoms with Crippen LogP contribution in [0, 0.1) is 5.82 Å². The zero-order valence-corrected chi connectivity index (χ0v) is 8.66. The summed E-state index contributed by atoms with van der Waals surface area (Å²) in [5, 5.41) is 8.78. The molecule has 1 rings (SSSR count). The molecule has 1 unspecified atom stereocenters. The van der Waals surface area contributed by atoms with Crippen LogP contribution in [0.2, 0.25) is 0 Å². The number of hydrogen-bond acceptors (Lipinski definition) is 2. The van der Waals surface area contributed by atoms with Crippen molar-refractivity contribution in [3.05, 3.63) is 35.1 Å². The lowest BCUT2D eigenvalue weighted by atomic mass is 9.98. The van der Waals surface area contributed by atoms with E-state index in [1.54, 1.807) is 12.1 Å². The van der Waals surface area contributed by atoms with Gasteiger partial charge >= 0.3 is 5.97 Å². The molecular formula is C11H13FO3. The van der Waals surface area contributed by atoms with Crippen LogP contribution in [0.15, 0.2) is 18.2 Å². The first kappa shape index (κ1) is 11.7. The van der Waals surface area contributed by atoms with Crippen molar-refractivity contribution in [2.45, 2.75) is 19.4 Å². The van der Waals surface area contributed by atoms with E-state index in [-0.39, 0.29) is 12.2 Å². The van der Waals surface area contributed by atoms with Crippen LogP contribution in [0.1, 0.15) is 24.0 Å². The minimum Gasteiger partial charge on any atom is -0.481 e. The molecule has 0 aliphatic rings. The van der Waals surface area contributed by atoms with Crippen LogP contribution in [0.5, 0.6) is 0 Å². The SMILES string of the molecule is COCc1cccc(C(C)C(=O)O)c1F. The first-order chi connectivity index (χ1) is 7.07.